The minimum atomic E-state index is -4.45. The van der Waals surface area contributed by atoms with Crippen molar-refractivity contribution in [3.8, 4) is 16.9 Å². The highest BCUT2D eigenvalue weighted by Crippen LogP contribution is 2.36. The average molecular weight is 461 g/mol. The molecule has 4 aromatic rings. The zero-order valence-corrected chi connectivity index (χ0v) is 17.3. The van der Waals surface area contributed by atoms with Gasteiger partial charge in [0, 0.05) is 18.0 Å². The van der Waals surface area contributed by atoms with Gasteiger partial charge in [0.05, 0.1) is 21.0 Å². The number of halogens is 3. The van der Waals surface area contributed by atoms with Crippen LogP contribution in [0.3, 0.4) is 0 Å². The molecule has 0 aliphatic rings. The molecule has 0 spiro atoms. The Morgan fingerprint density at radius 3 is 2.26 bits per heavy atom. The number of nitrogens with zero attached hydrogens (tertiary/aromatic N) is 3. The van der Waals surface area contributed by atoms with Crippen LogP contribution in [0.15, 0.2) is 93.9 Å². The van der Waals surface area contributed by atoms with Gasteiger partial charge in [-0.1, -0.05) is 42.1 Å². The Labute approximate surface area is 182 Å². The summed E-state index contributed by atoms with van der Waals surface area (Å²) >= 11 is -0.914. The first-order chi connectivity index (χ1) is 14.8. The zero-order chi connectivity index (χ0) is 22.0. The first-order valence-corrected chi connectivity index (χ1v) is 10.8. The molecule has 0 bridgehead atoms. The van der Waals surface area contributed by atoms with Gasteiger partial charge in [-0.3, -0.25) is 0 Å². The number of aromatic nitrogens is 3. The number of hydrogen-bond acceptors (Lipinski definition) is 4. The Kier molecular flexibility index (Phi) is 5.94. The van der Waals surface area contributed by atoms with E-state index in [-0.39, 0.29) is 4.90 Å². The number of rotatable bonds is 5. The van der Waals surface area contributed by atoms with Gasteiger partial charge < -0.3 is 4.55 Å². The Hall–Kier alpha value is -2.95. The molecule has 0 radical (unpaired) electrons. The highest BCUT2D eigenvalue weighted by molar-refractivity contribution is 7.99. The number of alkyl halides is 3. The Morgan fingerprint density at radius 1 is 0.968 bits per heavy atom. The van der Waals surface area contributed by atoms with Crippen molar-refractivity contribution >= 4 is 22.8 Å². The van der Waals surface area contributed by atoms with Crippen molar-refractivity contribution in [2.45, 2.75) is 21.0 Å². The summed E-state index contributed by atoms with van der Waals surface area (Å²) in [6.45, 7) is 0. The maximum absolute atomic E-state index is 12.8. The predicted octanol–water partition coefficient (Wildman–Crippen LogP) is 5.68. The first kappa shape index (κ1) is 21.3. The van der Waals surface area contributed by atoms with Crippen LogP contribution in [0, 0.1) is 0 Å². The number of pyridine rings is 1. The maximum Gasteiger partial charge on any atom is 0.417 e. The van der Waals surface area contributed by atoms with E-state index in [1.165, 1.54) is 30.0 Å². The van der Waals surface area contributed by atoms with Crippen LogP contribution < -0.4 is 0 Å². The van der Waals surface area contributed by atoms with E-state index in [1.807, 2.05) is 30.3 Å². The van der Waals surface area contributed by atoms with Crippen LogP contribution in [0.1, 0.15) is 5.56 Å². The van der Waals surface area contributed by atoms with Crippen molar-refractivity contribution in [1.29, 1.82) is 0 Å². The van der Waals surface area contributed by atoms with Gasteiger partial charge in [-0.15, -0.1) is 0 Å². The van der Waals surface area contributed by atoms with Gasteiger partial charge in [0.25, 0.3) is 0 Å². The monoisotopic (exact) mass is 461 g/mol. The fourth-order valence-electron chi connectivity index (χ4n) is 2.80. The molecule has 2 aromatic carbocycles. The lowest BCUT2D eigenvalue weighted by Gasteiger charge is -2.07. The van der Waals surface area contributed by atoms with E-state index in [0.717, 1.165) is 18.0 Å². The Balaban J connectivity index is 1.73. The maximum atomic E-state index is 12.8. The van der Waals surface area contributed by atoms with E-state index in [9.17, 15) is 21.9 Å². The summed E-state index contributed by atoms with van der Waals surface area (Å²) in [5.74, 6) is 0. The molecule has 10 heteroatoms. The molecule has 0 saturated carbocycles. The van der Waals surface area contributed by atoms with Crippen molar-refractivity contribution < 1.29 is 21.9 Å². The smallest absolute Gasteiger partial charge is 0.302 e. The molecule has 4 rings (SSSR count). The average Bonchev–Trinajstić information content (AvgIpc) is 3.18. The zero-order valence-electron chi connectivity index (χ0n) is 15.7. The highest BCUT2D eigenvalue weighted by atomic mass is 32.2. The molecule has 2 aromatic heterocycles. The fourth-order valence-corrected chi connectivity index (χ4v) is 4.04. The first-order valence-electron chi connectivity index (χ1n) is 8.89. The molecule has 1 N–H and O–H groups in total. The minimum Gasteiger partial charge on any atom is -0.302 e. The summed E-state index contributed by atoms with van der Waals surface area (Å²) in [6.07, 6.45) is -1.88. The summed E-state index contributed by atoms with van der Waals surface area (Å²) in [4.78, 5) is 4.86. The molecule has 0 saturated heterocycles. The molecule has 0 fully saturated rings. The van der Waals surface area contributed by atoms with Gasteiger partial charge in [-0.25, -0.2) is 13.9 Å². The van der Waals surface area contributed by atoms with E-state index in [0.29, 0.717) is 21.2 Å². The minimum absolute atomic E-state index is 0.254. The van der Waals surface area contributed by atoms with Crippen LogP contribution in [0.5, 0.6) is 0 Å². The summed E-state index contributed by atoms with van der Waals surface area (Å²) in [7, 11) is 0. The third-order valence-electron chi connectivity index (χ3n) is 4.31. The molecule has 1 atom stereocenters. The molecular formula is C21H14F3N3O2S2. The van der Waals surface area contributed by atoms with Crippen molar-refractivity contribution in [2.24, 2.45) is 0 Å². The fraction of sp³-hybridized carbons (Fsp3) is 0.0476. The molecule has 0 amide bonds. The van der Waals surface area contributed by atoms with Gasteiger partial charge in [0.2, 0.25) is 0 Å². The molecule has 2 heterocycles. The van der Waals surface area contributed by atoms with Crippen LogP contribution in [0.4, 0.5) is 13.2 Å². The highest BCUT2D eigenvalue weighted by Gasteiger charge is 2.30. The van der Waals surface area contributed by atoms with Crippen LogP contribution in [-0.4, -0.2) is 23.5 Å². The molecule has 0 aliphatic carbocycles. The van der Waals surface area contributed by atoms with Crippen molar-refractivity contribution in [3.63, 3.8) is 0 Å². The van der Waals surface area contributed by atoms with Gasteiger partial charge in [-0.2, -0.15) is 18.3 Å². The van der Waals surface area contributed by atoms with E-state index in [1.54, 1.807) is 23.0 Å². The molecule has 31 heavy (non-hydrogen) atoms. The van der Waals surface area contributed by atoms with E-state index in [2.05, 4.69) is 10.1 Å². The van der Waals surface area contributed by atoms with Crippen molar-refractivity contribution in [1.82, 2.24) is 14.8 Å². The topological polar surface area (TPSA) is 68.0 Å². The second-order valence-corrected chi connectivity index (χ2v) is 8.41. The Morgan fingerprint density at radius 2 is 1.68 bits per heavy atom. The van der Waals surface area contributed by atoms with Crippen LogP contribution in [0.2, 0.25) is 0 Å². The molecular weight excluding hydrogens is 447 g/mol. The third-order valence-corrected chi connectivity index (χ3v) is 5.95. The van der Waals surface area contributed by atoms with E-state index >= 15 is 0 Å². The largest absolute Gasteiger partial charge is 0.417 e. The van der Waals surface area contributed by atoms with Gasteiger partial charge in [0.15, 0.2) is 11.1 Å². The predicted molar refractivity (Wildman–Crippen MR) is 111 cm³/mol. The molecule has 5 nitrogen and oxygen atoms in total. The quantitative estimate of drug-likeness (QED) is 0.387. The number of para-hydroxylation sites is 1. The summed E-state index contributed by atoms with van der Waals surface area (Å²) < 4.78 is 60.6. The van der Waals surface area contributed by atoms with Crippen molar-refractivity contribution in [2.75, 3.05) is 0 Å². The lowest BCUT2D eigenvalue weighted by atomic mass is 10.2. The standard InChI is InChI=1S/C21H14F3N3O2S2/c22-21(23,24)15-8-11-19(25-12-15)30-18-13-27(16-4-2-1-3-5-16)26-20(18)14-6-9-17(10-7-14)31(28)29/h1-13H,(H,28,29). The molecule has 0 aliphatic heterocycles. The van der Waals surface area contributed by atoms with Crippen LogP contribution in [0.25, 0.3) is 16.9 Å². The third kappa shape index (κ3) is 4.87. The SMILES string of the molecule is O=S(O)c1ccc(-c2nn(-c3ccccc3)cc2Sc2ccc(C(F)(F)F)cn2)cc1. The molecule has 1 unspecified atom stereocenters. The molecule has 158 valence electrons. The Bertz CT molecular complexity index is 1210. The lowest BCUT2D eigenvalue weighted by molar-refractivity contribution is -0.137. The summed E-state index contributed by atoms with van der Waals surface area (Å²) in [5, 5.41) is 5.01. The van der Waals surface area contributed by atoms with Gasteiger partial charge in [-0.05, 0) is 36.4 Å². The second kappa shape index (κ2) is 8.66. The van der Waals surface area contributed by atoms with Crippen LogP contribution in [-0.2, 0) is 17.3 Å². The number of hydrogen-bond donors (Lipinski definition) is 1. The van der Waals surface area contributed by atoms with Crippen LogP contribution >= 0.6 is 11.8 Å². The second-order valence-electron chi connectivity index (χ2n) is 6.38. The summed E-state index contributed by atoms with van der Waals surface area (Å²) in [5.41, 5.74) is 1.26. The van der Waals surface area contributed by atoms with Gasteiger partial charge in [0.1, 0.15) is 10.7 Å². The van der Waals surface area contributed by atoms with E-state index < -0.39 is 22.8 Å². The number of benzene rings is 2. The normalized spacial score (nSPS) is 12.6. The van der Waals surface area contributed by atoms with Gasteiger partial charge >= 0.3 is 6.18 Å². The van der Waals surface area contributed by atoms with Crippen molar-refractivity contribution in [3.05, 3.63) is 84.7 Å². The van der Waals surface area contributed by atoms with E-state index in [4.69, 9.17) is 0 Å². The lowest BCUT2D eigenvalue weighted by Crippen LogP contribution is -2.04. The summed E-state index contributed by atoms with van der Waals surface area (Å²) in [6, 6.07) is 18.1.